The molecule has 10 heteroatoms. The van der Waals surface area contributed by atoms with Crippen LogP contribution in [0.4, 0.5) is 21.0 Å². The van der Waals surface area contributed by atoms with Crippen molar-refractivity contribution in [2.75, 3.05) is 29.9 Å². The lowest BCUT2D eigenvalue weighted by atomic mass is 10.1. The molecule has 36 heavy (non-hydrogen) atoms. The Morgan fingerprint density at radius 1 is 1.17 bits per heavy atom. The van der Waals surface area contributed by atoms with Gasteiger partial charge < -0.3 is 25.6 Å². The van der Waals surface area contributed by atoms with Gasteiger partial charge in [-0.05, 0) is 64.7 Å². The Kier molecular flexibility index (Phi) is 7.42. The van der Waals surface area contributed by atoms with Gasteiger partial charge >= 0.3 is 12.1 Å². The number of ether oxygens (including phenoxy) is 1. The van der Waals surface area contributed by atoms with Crippen LogP contribution in [-0.4, -0.2) is 66.2 Å². The van der Waals surface area contributed by atoms with Gasteiger partial charge in [0, 0.05) is 37.7 Å². The van der Waals surface area contributed by atoms with Crippen molar-refractivity contribution in [3.05, 3.63) is 23.8 Å². The molecule has 2 fully saturated rings. The molecule has 2 heterocycles. The maximum absolute atomic E-state index is 13.6. The minimum absolute atomic E-state index is 0.136. The second kappa shape index (κ2) is 10.4. The second-order valence-corrected chi connectivity index (χ2v) is 11.1. The van der Waals surface area contributed by atoms with Crippen molar-refractivity contribution in [1.29, 1.82) is 0 Å². The standard InChI is InChI=1S/C26H37N5O5/c1-16-13-22(32)29-20-14-18(23(33)27-11-9-17-5-6-17)7-8-21(20)31(16)25(35)30-12-10-19(15-30)28-24(34)36-26(2,3)4/h7-8,14,16-17,19H,5-6,9-13,15H2,1-4H3,(H,27,33)(H,28,34)(H,29,32)/t16-,19-/m0/s1. The minimum atomic E-state index is -0.601. The molecule has 0 spiro atoms. The summed E-state index contributed by atoms with van der Waals surface area (Å²) in [5, 5.41) is 8.64. The summed E-state index contributed by atoms with van der Waals surface area (Å²) in [5.41, 5.74) is 0.830. The highest BCUT2D eigenvalue weighted by atomic mass is 16.6. The van der Waals surface area contributed by atoms with Crippen LogP contribution in [0, 0.1) is 5.92 Å². The lowest BCUT2D eigenvalue weighted by Gasteiger charge is -2.32. The van der Waals surface area contributed by atoms with Crippen LogP contribution >= 0.6 is 0 Å². The van der Waals surface area contributed by atoms with Gasteiger partial charge in [0.05, 0.1) is 17.4 Å². The molecular weight excluding hydrogens is 462 g/mol. The van der Waals surface area contributed by atoms with E-state index in [0.29, 0.717) is 43.0 Å². The minimum Gasteiger partial charge on any atom is -0.444 e. The maximum atomic E-state index is 13.6. The Morgan fingerprint density at radius 3 is 2.61 bits per heavy atom. The Labute approximate surface area is 212 Å². The third kappa shape index (κ3) is 6.47. The third-order valence-corrected chi connectivity index (χ3v) is 6.63. The van der Waals surface area contributed by atoms with Gasteiger partial charge in [-0.25, -0.2) is 9.59 Å². The fourth-order valence-corrected chi connectivity index (χ4v) is 4.65. The number of alkyl carbamates (subject to hydrolysis) is 1. The number of anilines is 2. The Bertz CT molecular complexity index is 1030. The summed E-state index contributed by atoms with van der Waals surface area (Å²) in [5.74, 6) is 0.317. The molecule has 3 N–H and O–H groups in total. The Hall–Kier alpha value is -3.30. The number of nitrogens with one attached hydrogen (secondary N) is 3. The van der Waals surface area contributed by atoms with E-state index in [9.17, 15) is 19.2 Å². The molecule has 2 aliphatic heterocycles. The monoisotopic (exact) mass is 499 g/mol. The van der Waals surface area contributed by atoms with Gasteiger partial charge in [0.25, 0.3) is 5.91 Å². The van der Waals surface area contributed by atoms with Gasteiger partial charge in [-0.3, -0.25) is 14.5 Å². The van der Waals surface area contributed by atoms with Crippen molar-refractivity contribution < 1.29 is 23.9 Å². The van der Waals surface area contributed by atoms with Crippen molar-refractivity contribution in [3.8, 4) is 0 Å². The van der Waals surface area contributed by atoms with E-state index < -0.39 is 11.7 Å². The van der Waals surface area contributed by atoms with Gasteiger partial charge in [-0.15, -0.1) is 0 Å². The summed E-state index contributed by atoms with van der Waals surface area (Å²) >= 11 is 0. The SMILES string of the molecule is C[C@H]1CC(=O)Nc2cc(C(=O)NCCC3CC3)ccc2N1C(=O)N1CC[C@H](NC(=O)OC(C)(C)C)C1. The van der Waals surface area contributed by atoms with E-state index in [1.807, 2.05) is 6.92 Å². The summed E-state index contributed by atoms with van der Waals surface area (Å²) in [4.78, 5) is 54.2. The summed E-state index contributed by atoms with van der Waals surface area (Å²) in [6, 6.07) is 4.20. The molecule has 1 saturated heterocycles. The number of carbonyl (C=O) groups is 4. The lowest BCUT2D eigenvalue weighted by Crippen LogP contribution is -2.48. The van der Waals surface area contributed by atoms with Crippen LogP contribution in [0.5, 0.6) is 0 Å². The molecule has 196 valence electrons. The van der Waals surface area contributed by atoms with Crippen LogP contribution in [0.25, 0.3) is 0 Å². The van der Waals surface area contributed by atoms with Crippen molar-refractivity contribution in [2.45, 2.75) is 77.5 Å². The van der Waals surface area contributed by atoms with Gasteiger partial charge in [-0.2, -0.15) is 0 Å². The maximum Gasteiger partial charge on any atom is 0.407 e. The number of benzene rings is 1. The second-order valence-electron chi connectivity index (χ2n) is 11.1. The number of nitrogens with zero attached hydrogens (tertiary/aromatic N) is 2. The topological polar surface area (TPSA) is 120 Å². The number of hydrogen-bond donors (Lipinski definition) is 3. The number of amides is 5. The van der Waals surface area contributed by atoms with E-state index >= 15 is 0 Å². The predicted molar refractivity (Wildman–Crippen MR) is 136 cm³/mol. The summed E-state index contributed by atoms with van der Waals surface area (Å²) in [7, 11) is 0. The van der Waals surface area contributed by atoms with Crippen molar-refractivity contribution in [1.82, 2.24) is 15.5 Å². The van der Waals surface area contributed by atoms with Crippen LogP contribution in [0.3, 0.4) is 0 Å². The molecule has 0 bridgehead atoms. The first-order valence-corrected chi connectivity index (χ1v) is 12.8. The summed E-state index contributed by atoms with van der Waals surface area (Å²) in [6.07, 6.45) is 3.68. The van der Waals surface area contributed by atoms with E-state index in [-0.39, 0.29) is 36.3 Å². The number of carbonyl (C=O) groups excluding carboxylic acids is 4. The number of likely N-dealkylation sites (tertiary alicyclic amines) is 1. The van der Waals surface area contributed by atoms with E-state index in [1.165, 1.54) is 12.8 Å². The van der Waals surface area contributed by atoms with E-state index in [0.717, 1.165) is 12.3 Å². The number of fused-ring (bicyclic) bond motifs is 1. The molecular formula is C26H37N5O5. The zero-order valence-electron chi connectivity index (χ0n) is 21.6. The fraction of sp³-hybridized carbons (Fsp3) is 0.615. The highest BCUT2D eigenvalue weighted by Crippen LogP contribution is 2.34. The fourth-order valence-electron chi connectivity index (χ4n) is 4.65. The number of rotatable bonds is 5. The average Bonchev–Trinajstić information content (AvgIpc) is 3.50. The third-order valence-electron chi connectivity index (χ3n) is 6.63. The van der Waals surface area contributed by atoms with Crippen LogP contribution in [0.1, 0.15) is 70.2 Å². The highest BCUT2D eigenvalue weighted by molar-refractivity contribution is 6.06. The van der Waals surface area contributed by atoms with Crippen LogP contribution < -0.4 is 20.9 Å². The molecule has 1 aromatic carbocycles. The number of urea groups is 1. The van der Waals surface area contributed by atoms with Crippen LogP contribution in [0.15, 0.2) is 18.2 Å². The van der Waals surface area contributed by atoms with Gasteiger partial charge in [0.15, 0.2) is 0 Å². The first-order chi connectivity index (χ1) is 17.0. The van der Waals surface area contributed by atoms with Crippen molar-refractivity contribution >= 4 is 35.3 Å². The zero-order valence-corrected chi connectivity index (χ0v) is 21.6. The average molecular weight is 500 g/mol. The zero-order chi connectivity index (χ0) is 26.0. The molecule has 1 aliphatic carbocycles. The quantitative estimate of drug-likeness (QED) is 0.573. The van der Waals surface area contributed by atoms with Gasteiger partial charge in [0.1, 0.15) is 5.60 Å². The van der Waals surface area contributed by atoms with Crippen LogP contribution in [-0.2, 0) is 9.53 Å². The van der Waals surface area contributed by atoms with Gasteiger partial charge in [0.2, 0.25) is 5.91 Å². The van der Waals surface area contributed by atoms with E-state index in [1.54, 1.807) is 48.8 Å². The largest absolute Gasteiger partial charge is 0.444 e. The first kappa shape index (κ1) is 25.8. The molecule has 0 aromatic heterocycles. The molecule has 2 atom stereocenters. The summed E-state index contributed by atoms with van der Waals surface area (Å²) < 4.78 is 5.33. The van der Waals surface area contributed by atoms with Crippen LogP contribution in [0.2, 0.25) is 0 Å². The molecule has 5 amide bonds. The van der Waals surface area contributed by atoms with Gasteiger partial charge in [-0.1, -0.05) is 12.8 Å². The van der Waals surface area contributed by atoms with Crippen molar-refractivity contribution in [3.63, 3.8) is 0 Å². The predicted octanol–water partition coefficient (Wildman–Crippen LogP) is 3.47. The Balaban J connectivity index is 1.45. The molecule has 10 nitrogen and oxygen atoms in total. The Morgan fingerprint density at radius 2 is 1.92 bits per heavy atom. The smallest absolute Gasteiger partial charge is 0.407 e. The lowest BCUT2D eigenvalue weighted by molar-refractivity contribution is -0.116. The summed E-state index contributed by atoms with van der Waals surface area (Å²) in [6.45, 7) is 8.68. The van der Waals surface area contributed by atoms with E-state index in [4.69, 9.17) is 4.74 Å². The molecule has 1 aromatic rings. The molecule has 4 rings (SSSR count). The van der Waals surface area contributed by atoms with Crippen molar-refractivity contribution in [2.24, 2.45) is 5.92 Å². The molecule has 1 saturated carbocycles. The highest BCUT2D eigenvalue weighted by Gasteiger charge is 2.36. The number of hydrogen-bond acceptors (Lipinski definition) is 5. The molecule has 0 radical (unpaired) electrons. The van der Waals surface area contributed by atoms with E-state index in [2.05, 4.69) is 16.0 Å². The normalized spacial score (nSPS) is 21.8. The molecule has 0 unspecified atom stereocenters. The first-order valence-electron chi connectivity index (χ1n) is 12.8. The molecule has 3 aliphatic rings.